The van der Waals surface area contributed by atoms with Crippen molar-refractivity contribution in [3.05, 3.63) is 65.5 Å². The van der Waals surface area contributed by atoms with Crippen molar-refractivity contribution in [3.63, 3.8) is 0 Å². The van der Waals surface area contributed by atoms with E-state index in [-0.39, 0.29) is 42.6 Å². The molecule has 4 nitrogen and oxygen atoms in total. The highest BCUT2D eigenvalue weighted by molar-refractivity contribution is 5.85. The third-order valence-corrected chi connectivity index (χ3v) is 3.74. The van der Waals surface area contributed by atoms with Crippen molar-refractivity contribution in [1.82, 2.24) is 5.32 Å². The molecule has 0 aliphatic rings. The number of rotatable bonds is 6. The molecule has 0 aliphatic carbocycles. The van der Waals surface area contributed by atoms with E-state index < -0.39 is 0 Å². The minimum atomic E-state index is -0.372. The normalized spacial score (nSPS) is 12.7. The highest BCUT2D eigenvalue weighted by atomic mass is 35.5. The molecule has 2 unspecified atom stereocenters. The van der Waals surface area contributed by atoms with Crippen molar-refractivity contribution in [2.24, 2.45) is 11.7 Å². The van der Waals surface area contributed by atoms with Gasteiger partial charge in [-0.2, -0.15) is 0 Å². The van der Waals surface area contributed by atoms with Crippen molar-refractivity contribution in [2.45, 2.75) is 13.0 Å². The third kappa shape index (κ3) is 4.94. The van der Waals surface area contributed by atoms with Gasteiger partial charge >= 0.3 is 0 Å². The first kappa shape index (κ1) is 19.9. The number of halogens is 2. The number of carbonyl (C=O) groups excluding carboxylic acids is 1. The fourth-order valence-electron chi connectivity index (χ4n) is 2.20. The lowest BCUT2D eigenvalue weighted by molar-refractivity contribution is -0.124. The molecule has 3 N–H and O–H groups in total. The first-order valence-corrected chi connectivity index (χ1v) is 7.45. The highest BCUT2D eigenvalue weighted by Gasteiger charge is 2.20. The summed E-state index contributed by atoms with van der Waals surface area (Å²) in [7, 11) is 1.59. The van der Waals surface area contributed by atoms with Gasteiger partial charge in [0, 0.05) is 12.5 Å². The van der Waals surface area contributed by atoms with E-state index in [4.69, 9.17) is 10.5 Å². The number of nitrogens with one attached hydrogen (secondary N) is 1. The average Bonchev–Trinajstić information content (AvgIpc) is 2.59. The van der Waals surface area contributed by atoms with Crippen LogP contribution >= 0.6 is 12.4 Å². The topological polar surface area (TPSA) is 64.3 Å². The number of nitrogens with two attached hydrogens (primary N) is 1. The van der Waals surface area contributed by atoms with E-state index in [1.165, 1.54) is 12.1 Å². The Morgan fingerprint density at radius 1 is 1.12 bits per heavy atom. The van der Waals surface area contributed by atoms with Gasteiger partial charge in [-0.25, -0.2) is 4.39 Å². The minimum absolute atomic E-state index is 0. The fraction of sp³-hybridized carbons (Fsp3) is 0.278. The lowest BCUT2D eigenvalue weighted by atomic mass is 9.97. The second-order valence-corrected chi connectivity index (χ2v) is 5.40. The molecule has 0 radical (unpaired) electrons. The highest BCUT2D eigenvalue weighted by Crippen LogP contribution is 2.25. The number of carbonyl (C=O) groups is 1. The molecular formula is C18H22ClFN2O2. The number of ether oxygens (including phenoxy) is 1. The number of hydrogen-bond donors (Lipinski definition) is 2. The van der Waals surface area contributed by atoms with Gasteiger partial charge in [0.15, 0.2) is 0 Å². The Labute approximate surface area is 147 Å². The van der Waals surface area contributed by atoms with Gasteiger partial charge in [0.2, 0.25) is 5.91 Å². The predicted octanol–water partition coefficient (Wildman–Crippen LogP) is 3.06. The Bertz CT molecular complexity index is 647. The summed E-state index contributed by atoms with van der Waals surface area (Å²) in [5.41, 5.74) is 7.24. The summed E-state index contributed by atoms with van der Waals surface area (Å²) in [6.45, 7) is 2.04. The molecule has 0 saturated heterocycles. The Balaban J connectivity index is 0.00000288. The van der Waals surface area contributed by atoms with Crippen molar-refractivity contribution in [1.29, 1.82) is 0 Å². The zero-order valence-electron chi connectivity index (χ0n) is 13.7. The van der Waals surface area contributed by atoms with Crippen molar-refractivity contribution >= 4 is 18.3 Å². The van der Waals surface area contributed by atoms with Gasteiger partial charge in [-0.15, -0.1) is 12.4 Å². The summed E-state index contributed by atoms with van der Waals surface area (Å²) in [6.07, 6.45) is 0. The molecule has 2 aromatic rings. The molecule has 2 rings (SSSR count). The third-order valence-electron chi connectivity index (χ3n) is 3.74. The summed E-state index contributed by atoms with van der Waals surface area (Å²) >= 11 is 0. The van der Waals surface area contributed by atoms with E-state index in [9.17, 15) is 9.18 Å². The SMILES string of the molecule is COc1ccc(C(NC(=O)C(C)CN)c2ccc(F)cc2)cc1.Cl. The predicted molar refractivity (Wildman–Crippen MR) is 94.8 cm³/mol. The molecular weight excluding hydrogens is 331 g/mol. The van der Waals surface area contributed by atoms with Crippen LogP contribution in [0.5, 0.6) is 5.75 Å². The van der Waals surface area contributed by atoms with Crippen LogP contribution in [0.2, 0.25) is 0 Å². The van der Waals surface area contributed by atoms with Gasteiger partial charge in [-0.05, 0) is 35.4 Å². The molecule has 0 heterocycles. The lowest BCUT2D eigenvalue weighted by Gasteiger charge is -2.22. The zero-order chi connectivity index (χ0) is 16.8. The van der Waals surface area contributed by atoms with E-state index in [0.717, 1.165) is 16.9 Å². The number of hydrogen-bond acceptors (Lipinski definition) is 3. The minimum Gasteiger partial charge on any atom is -0.497 e. The standard InChI is InChI=1S/C18H21FN2O2.ClH/c1-12(11-20)18(22)21-17(13-3-7-15(19)8-4-13)14-5-9-16(23-2)10-6-14;/h3-10,12,17H,11,20H2,1-2H3,(H,21,22);1H. The summed E-state index contributed by atoms with van der Waals surface area (Å²) in [6, 6.07) is 13.1. The molecule has 0 spiro atoms. The van der Waals surface area contributed by atoms with Crippen LogP contribution in [0.3, 0.4) is 0 Å². The maximum atomic E-state index is 13.2. The van der Waals surface area contributed by atoms with E-state index in [2.05, 4.69) is 5.32 Å². The fourth-order valence-corrected chi connectivity index (χ4v) is 2.20. The maximum Gasteiger partial charge on any atom is 0.224 e. The molecule has 0 aromatic heterocycles. The second kappa shape index (κ2) is 9.25. The van der Waals surface area contributed by atoms with E-state index >= 15 is 0 Å². The first-order chi connectivity index (χ1) is 11.0. The quantitative estimate of drug-likeness (QED) is 0.839. The van der Waals surface area contributed by atoms with Gasteiger partial charge in [-0.3, -0.25) is 4.79 Å². The van der Waals surface area contributed by atoms with E-state index in [1.54, 1.807) is 26.2 Å². The Hall–Kier alpha value is -2.11. The first-order valence-electron chi connectivity index (χ1n) is 7.45. The molecule has 1 amide bonds. The molecule has 130 valence electrons. The van der Waals surface area contributed by atoms with Crippen molar-refractivity contribution in [3.8, 4) is 5.75 Å². The van der Waals surface area contributed by atoms with Crippen LogP contribution in [-0.2, 0) is 4.79 Å². The van der Waals surface area contributed by atoms with Gasteiger partial charge < -0.3 is 15.8 Å². The van der Waals surface area contributed by atoms with E-state index in [0.29, 0.717) is 0 Å². The van der Waals surface area contributed by atoms with Gasteiger partial charge in [-0.1, -0.05) is 31.2 Å². The summed E-state index contributed by atoms with van der Waals surface area (Å²) in [5, 5.41) is 2.98. The van der Waals surface area contributed by atoms with E-state index in [1.807, 2.05) is 24.3 Å². The number of methoxy groups -OCH3 is 1. The Kier molecular flexibility index (Phi) is 7.68. The van der Waals surface area contributed by atoms with Gasteiger partial charge in [0.25, 0.3) is 0 Å². The Morgan fingerprint density at radius 2 is 1.62 bits per heavy atom. The second-order valence-electron chi connectivity index (χ2n) is 5.40. The molecule has 0 saturated carbocycles. The molecule has 2 atom stereocenters. The molecule has 0 aliphatic heterocycles. The average molecular weight is 353 g/mol. The largest absolute Gasteiger partial charge is 0.497 e. The van der Waals surface area contributed by atoms with Crippen LogP contribution < -0.4 is 15.8 Å². The van der Waals surface area contributed by atoms with Crippen LogP contribution in [0.25, 0.3) is 0 Å². The van der Waals surface area contributed by atoms with Crippen LogP contribution in [0.1, 0.15) is 24.1 Å². The monoisotopic (exact) mass is 352 g/mol. The molecule has 0 fully saturated rings. The smallest absolute Gasteiger partial charge is 0.224 e. The van der Waals surface area contributed by atoms with Gasteiger partial charge in [0.05, 0.1) is 13.2 Å². The van der Waals surface area contributed by atoms with Crippen LogP contribution in [0.15, 0.2) is 48.5 Å². The Morgan fingerprint density at radius 3 is 2.08 bits per heavy atom. The molecule has 24 heavy (non-hydrogen) atoms. The maximum absolute atomic E-state index is 13.2. The number of benzene rings is 2. The summed E-state index contributed by atoms with van der Waals surface area (Å²) < 4.78 is 18.3. The van der Waals surface area contributed by atoms with Crippen LogP contribution in [0.4, 0.5) is 4.39 Å². The molecule has 2 aromatic carbocycles. The summed E-state index contributed by atoms with van der Waals surface area (Å²) in [5.74, 6) is -0.0222. The van der Waals surface area contributed by atoms with Crippen LogP contribution in [0, 0.1) is 11.7 Å². The number of amides is 1. The van der Waals surface area contributed by atoms with Gasteiger partial charge in [0.1, 0.15) is 11.6 Å². The van der Waals surface area contributed by atoms with Crippen molar-refractivity contribution < 1.29 is 13.9 Å². The molecule has 0 bridgehead atoms. The van der Waals surface area contributed by atoms with Crippen molar-refractivity contribution in [2.75, 3.05) is 13.7 Å². The summed E-state index contributed by atoms with van der Waals surface area (Å²) in [4.78, 5) is 12.2. The lowest BCUT2D eigenvalue weighted by Crippen LogP contribution is -2.36. The zero-order valence-corrected chi connectivity index (χ0v) is 14.5. The van der Waals surface area contributed by atoms with Crippen LogP contribution in [-0.4, -0.2) is 19.6 Å². The molecule has 6 heteroatoms.